The van der Waals surface area contributed by atoms with Gasteiger partial charge in [0.1, 0.15) is 10.6 Å². The van der Waals surface area contributed by atoms with Crippen LogP contribution in [-0.4, -0.2) is 59.9 Å². The normalized spacial score (nSPS) is 28.0. The number of fused-ring (bicyclic) bond motifs is 1. The van der Waals surface area contributed by atoms with Gasteiger partial charge in [-0.3, -0.25) is 0 Å². The van der Waals surface area contributed by atoms with E-state index in [9.17, 15) is 8.42 Å². The SMILES string of the molecule is COC[C@@]12COC[C@@H]1CN(S(=O)(=O)c1cc(C)ccc1OC)C2. The highest BCUT2D eigenvalue weighted by atomic mass is 32.2. The second kappa shape index (κ2) is 6.05. The summed E-state index contributed by atoms with van der Waals surface area (Å²) in [5.41, 5.74) is 0.650. The predicted octanol–water partition coefficient (Wildman–Crippen LogP) is 1.29. The van der Waals surface area contributed by atoms with Crippen LogP contribution in [0.5, 0.6) is 5.75 Å². The maximum Gasteiger partial charge on any atom is 0.246 e. The van der Waals surface area contributed by atoms with E-state index in [1.165, 1.54) is 7.11 Å². The highest BCUT2D eigenvalue weighted by molar-refractivity contribution is 7.89. The molecule has 2 heterocycles. The molecule has 0 unspecified atom stereocenters. The molecule has 128 valence electrons. The third-order valence-electron chi connectivity index (χ3n) is 4.86. The number of aryl methyl sites for hydroxylation is 1. The number of nitrogens with zero attached hydrogens (tertiary/aromatic N) is 1. The maximum atomic E-state index is 13.1. The zero-order valence-electron chi connectivity index (χ0n) is 13.7. The van der Waals surface area contributed by atoms with E-state index >= 15 is 0 Å². The van der Waals surface area contributed by atoms with Crippen molar-refractivity contribution >= 4 is 10.0 Å². The minimum atomic E-state index is -3.61. The summed E-state index contributed by atoms with van der Waals surface area (Å²) in [7, 11) is -0.473. The Hall–Kier alpha value is -1.15. The van der Waals surface area contributed by atoms with Crippen molar-refractivity contribution in [3.8, 4) is 5.75 Å². The van der Waals surface area contributed by atoms with Crippen molar-refractivity contribution < 1.29 is 22.6 Å². The highest BCUT2D eigenvalue weighted by Crippen LogP contribution is 2.44. The van der Waals surface area contributed by atoms with Gasteiger partial charge in [0, 0.05) is 31.5 Å². The molecule has 0 amide bonds. The Labute approximate surface area is 137 Å². The summed E-state index contributed by atoms with van der Waals surface area (Å²) in [4.78, 5) is 0.230. The molecule has 0 radical (unpaired) electrons. The van der Waals surface area contributed by atoms with Crippen molar-refractivity contribution in [1.82, 2.24) is 4.31 Å². The van der Waals surface area contributed by atoms with Gasteiger partial charge in [0.2, 0.25) is 10.0 Å². The van der Waals surface area contributed by atoms with Crippen LogP contribution in [0.1, 0.15) is 5.56 Å². The van der Waals surface area contributed by atoms with Gasteiger partial charge in [-0.25, -0.2) is 8.42 Å². The van der Waals surface area contributed by atoms with Gasteiger partial charge in [0.05, 0.1) is 26.9 Å². The molecule has 0 saturated carbocycles. The van der Waals surface area contributed by atoms with Gasteiger partial charge in [0.25, 0.3) is 0 Å². The van der Waals surface area contributed by atoms with Gasteiger partial charge in [-0.2, -0.15) is 4.31 Å². The molecule has 1 aromatic rings. The summed E-state index contributed by atoms with van der Waals surface area (Å²) < 4.78 is 43.9. The number of hydrogen-bond acceptors (Lipinski definition) is 5. The second-order valence-electron chi connectivity index (χ2n) is 6.46. The lowest BCUT2D eigenvalue weighted by Crippen LogP contribution is -2.37. The topological polar surface area (TPSA) is 65.1 Å². The highest BCUT2D eigenvalue weighted by Gasteiger charge is 2.53. The Morgan fingerprint density at radius 2 is 2.17 bits per heavy atom. The first-order valence-electron chi connectivity index (χ1n) is 7.64. The molecule has 6 nitrogen and oxygen atoms in total. The first-order chi connectivity index (χ1) is 10.9. The van der Waals surface area contributed by atoms with Crippen LogP contribution in [0.25, 0.3) is 0 Å². The maximum absolute atomic E-state index is 13.1. The largest absolute Gasteiger partial charge is 0.495 e. The molecule has 2 aliphatic rings. The van der Waals surface area contributed by atoms with Gasteiger partial charge in [-0.05, 0) is 24.6 Å². The quantitative estimate of drug-likeness (QED) is 0.807. The number of ether oxygens (including phenoxy) is 3. The lowest BCUT2D eigenvalue weighted by Gasteiger charge is -2.26. The molecule has 2 fully saturated rings. The van der Waals surface area contributed by atoms with Crippen LogP contribution in [0, 0.1) is 18.3 Å². The smallest absolute Gasteiger partial charge is 0.246 e. The van der Waals surface area contributed by atoms with Crippen LogP contribution in [0.15, 0.2) is 23.1 Å². The van der Waals surface area contributed by atoms with Crippen LogP contribution < -0.4 is 4.74 Å². The Morgan fingerprint density at radius 3 is 2.87 bits per heavy atom. The fourth-order valence-corrected chi connectivity index (χ4v) is 5.40. The number of hydrogen-bond donors (Lipinski definition) is 0. The Morgan fingerprint density at radius 1 is 1.39 bits per heavy atom. The van der Waals surface area contributed by atoms with Crippen molar-refractivity contribution in [2.45, 2.75) is 11.8 Å². The molecule has 2 saturated heterocycles. The van der Waals surface area contributed by atoms with E-state index in [1.807, 2.05) is 13.0 Å². The molecule has 0 bridgehead atoms. The Kier molecular flexibility index (Phi) is 4.39. The lowest BCUT2D eigenvalue weighted by molar-refractivity contribution is 0.0601. The van der Waals surface area contributed by atoms with Gasteiger partial charge in [0.15, 0.2) is 0 Å². The van der Waals surface area contributed by atoms with Crippen LogP contribution in [0.2, 0.25) is 0 Å². The van der Waals surface area contributed by atoms with Crippen LogP contribution in [0.3, 0.4) is 0 Å². The van der Waals surface area contributed by atoms with E-state index in [1.54, 1.807) is 23.5 Å². The minimum absolute atomic E-state index is 0.174. The lowest BCUT2D eigenvalue weighted by atomic mass is 9.82. The summed E-state index contributed by atoms with van der Waals surface area (Å²) in [5, 5.41) is 0. The molecule has 1 aromatic carbocycles. The van der Waals surface area contributed by atoms with Crippen LogP contribution in [0.4, 0.5) is 0 Å². The summed E-state index contributed by atoms with van der Waals surface area (Å²) >= 11 is 0. The van der Waals surface area contributed by atoms with Crippen molar-refractivity contribution in [2.75, 3.05) is 47.1 Å². The molecule has 2 aliphatic heterocycles. The molecular weight excluding hydrogens is 318 g/mol. The van der Waals surface area contributed by atoms with Crippen molar-refractivity contribution in [3.05, 3.63) is 23.8 Å². The third kappa shape index (κ3) is 2.76. The van der Waals surface area contributed by atoms with E-state index in [0.717, 1.165) is 5.56 Å². The molecule has 0 aromatic heterocycles. The van der Waals surface area contributed by atoms with Crippen LogP contribution >= 0.6 is 0 Å². The zero-order valence-corrected chi connectivity index (χ0v) is 14.6. The Bertz CT molecular complexity index is 690. The molecule has 2 atom stereocenters. The predicted molar refractivity (Wildman–Crippen MR) is 85.1 cm³/mol. The second-order valence-corrected chi connectivity index (χ2v) is 8.37. The van der Waals surface area contributed by atoms with Crippen LogP contribution in [-0.2, 0) is 19.5 Å². The molecule has 0 aliphatic carbocycles. The Balaban J connectivity index is 1.94. The molecular formula is C16H23NO5S. The fourth-order valence-electron chi connectivity index (χ4n) is 3.58. The fraction of sp³-hybridized carbons (Fsp3) is 0.625. The molecule has 0 spiro atoms. The third-order valence-corrected chi connectivity index (χ3v) is 6.69. The van der Waals surface area contributed by atoms with E-state index in [-0.39, 0.29) is 16.2 Å². The number of sulfonamides is 1. The molecule has 3 rings (SSSR count). The molecule has 0 N–H and O–H groups in total. The van der Waals surface area contributed by atoms with Gasteiger partial charge < -0.3 is 14.2 Å². The first kappa shape index (κ1) is 16.7. The average Bonchev–Trinajstić information content (AvgIpc) is 3.04. The van der Waals surface area contributed by atoms with Crippen molar-refractivity contribution in [3.63, 3.8) is 0 Å². The van der Waals surface area contributed by atoms with Crippen molar-refractivity contribution in [2.24, 2.45) is 11.3 Å². The molecule has 23 heavy (non-hydrogen) atoms. The number of rotatable bonds is 5. The number of benzene rings is 1. The van der Waals surface area contributed by atoms with Crippen molar-refractivity contribution in [1.29, 1.82) is 0 Å². The van der Waals surface area contributed by atoms with E-state index < -0.39 is 10.0 Å². The van der Waals surface area contributed by atoms with E-state index in [4.69, 9.17) is 14.2 Å². The van der Waals surface area contributed by atoms with E-state index in [0.29, 0.717) is 38.7 Å². The summed E-state index contributed by atoms with van der Waals surface area (Å²) in [6.45, 7) is 4.39. The minimum Gasteiger partial charge on any atom is -0.495 e. The van der Waals surface area contributed by atoms with E-state index in [2.05, 4.69) is 0 Å². The average molecular weight is 341 g/mol. The van der Waals surface area contributed by atoms with Gasteiger partial charge in [-0.1, -0.05) is 6.07 Å². The van der Waals surface area contributed by atoms with Gasteiger partial charge >= 0.3 is 0 Å². The monoisotopic (exact) mass is 341 g/mol. The summed E-state index contributed by atoms with van der Waals surface area (Å²) in [6, 6.07) is 5.21. The summed E-state index contributed by atoms with van der Waals surface area (Å²) in [5.74, 6) is 0.553. The zero-order chi connectivity index (χ0) is 16.7. The molecule has 7 heteroatoms. The first-order valence-corrected chi connectivity index (χ1v) is 9.08. The summed E-state index contributed by atoms with van der Waals surface area (Å²) in [6.07, 6.45) is 0. The number of methoxy groups -OCH3 is 2. The standard InChI is InChI=1S/C16H23NO5S/c1-12-4-5-14(21-3)15(6-12)23(18,19)17-7-13-8-22-11-16(13,9-17)10-20-2/h4-6,13H,7-11H2,1-3H3/t13-,16-/m0/s1. The van der Waals surface area contributed by atoms with Gasteiger partial charge in [-0.15, -0.1) is 0 Å².